The van der Waals surface area contributed by atoms with E-state index >= 15 is 0 Å². The third-order valence-corrected chi connectivity index (χ3v) is 9.00. The summed E-state index contributed by atoms with van der Waals surface area (Å²) in [5.41, 5.74) is 3.32. The van der Waals surface area contributed by atoms with Crippen LogP contribution in [0.15, 0.2) is 54.6 Å². The number of anilines is 2. The molecule has 1 fully saturated rings. The molecule has 0 radical (unpaired) electrons. The Labute approximate surface area is 194 Å². The summed E-state index contributed by atoms with van der Waals surface area (Å²) in [6.07, 6.45) is 3.74. The minimum Gasteiger partial charge on any atom is -0.339 e. The third-order valence-electron chi connectivity index (χ3n) is 6.63. The molecule has 0 unspecified atom stereocenters. The standard InChI is InChI=1S/C27H37NO3S/c1-20(2)28(25-8-6-5-7-9-25)26-16-12-22(13-17-26)18-27(29)24-14-10-23(11-15-24)19-32(30,31)21(3)4/h5-9,12-13,16-17,20-21,23-24H,10-11,14-15,18-19H2,1-4H3. The van der Waals surface area contributed by atoms with Gasteiger partial charge in [0.05, 0.1) is 11.0 Å². The molecular weight excluding hydrogens is 418 g/mol. The highest BCUT2D eigenvalue weighted by atomic mass is 32.2. The lowest BCUT2D eigenvalue weighted by molar-refractivity contribution is -0.123. The van der Waals surface area contributed by atoms with Crippen molar-refractivity contribution >= 4 is 27.0 Å². The van der Waals surface area contributed by atoms with Gasteiger partial charge in [0.2, 0.25) is 0 Å². The maximum absolute atomic E-state index is 12.9. The normalized spacial score (nSPS) is 19.3. The molecular formula is C27H37NO3S. The van der Waals surface area contributed by atoms with Gasteiger partial charge in [0.1, 0.15) is 5.78 Å². The Morgan fingerprint density at radius 3 is 1.97 bits per heavy atom. The van der Waals surface area contributed by atoms with Crippen LogP contribution >= 0.6 is 0 Å². The number of carbonyl (C=O) groups excluding carboxylic acids is 1. The van der Waals surface area contributed by atoms with Crippen molar-refractivity contribution in [3.05, 3.63) is 60.2 Å². The second-order valence-corrected chi connectivity index (χ2v) is 12.3. The quantitative estimate of drug-likeness (QED) is 0.467. The van der Waals surface area contributed by atoms with Gasteiger partial charge in [-0.3, -0.25) is 4.79 Å². The zero-order valence-electron chi connectivity index (χ0n) is 19.8. The highest BCUT2D eigenvalue weighted by molar-refractivity contribution is 7.91. The minimum atomic E-state index is -3.01. The minimum absolute atomic E-state index is 0.0594. The van der Waals surface area contributed by atoms with Crippen molar-refractivity contribution in [2.45, 2.75) is 71.1 Å². The van der Waals surface area contributed by atoms with Crippen LogP contribution in [-0.4, -0.2) is 31.2 Å². The van der Waals surface area contributed by atoms with Crippen molar-refractivity contribution in [2.75, 3.05) is 10.7 Å². The first-order valence-corrected chi connectivity index (χ1v) is 13.6. The molecule has 1 aliphatic carbocycles. The first-order valence-electron chi connectivity index (χ1n) is 11.8. The van der Waals surface area contributed by atoms with E-state index < -0.39 is 9.84 Å². The zero-order valence-corrected chi connectivity index (χ0v) is 20.6. The number of hydrogen-bond donors (Lipinski definition) is 0. The summed E-state index contributed by atoms with van der Waals surface area (Å²) in [6, 6.07) is 19.0. The van der Waals surface area contributed by atoms with Gasteiger partial charge < -0.3 is 4.90 Å². The lowest BCUT2D eigenvalue weighted by Crippen LogP contribution is -2.29. The SMILES string of the molecule is CC(C)N(c1ccccc1)c1ccc(CC(=O)C2CCC(CS(=O)(=O)C(C)C)CC2)cc1. The Morgan fingerprint density at radius 1 is 0.875 bits per heavy atom. The fourth-order valence-electron chi connectivity index (χ4n) is 4.63. The van der Waals surface area contributed by atoms with E-state index in [1.165, 1.54) is 0 Å². The molecule has 3 rings (SSSR count). The number of nitrogens with zero attached hydrogens (tertiary/aromatic N) is 1. The van der Waals surface area contributed by atoms with Crippen LogP contribution in [0.1, 0.15) is 58.9 Å². The predicted molar refractivity (Wildman–Crippen MR) is 133 cm³/mol. The Bertz CT molecular complexity index is 973. The van der Waals surface area contributed by atoms with Gasteiger partial charge in [0.25, 0.3) is 0 Å². The van der Waals surface area contributed by atoms with Gasteiger partial charge in [-0.05, 0) is 89.1 Å². The Kier molecular flexibility index (Phi) is 8.16. The van der Waals surface area contributed by atoms with Crippen molar-refractivity contribution in [1.82, 2.24) is 0 Å². The Balaban J connectivity index is 1.57. The lowest BCUT2D eigenvalue weighted by atomic mass is 9.79. The van der Waals surface area contributed by atoms with Crippen molar-refractivity contribution in [3.8, 4) is 0 Å². The highest BCUT2D eigenvalue weighted by Gasteiger charge is 2.30. The molecule has 5 heteroatoms. The number of benzene rings is 2. The molecule has 0 amide bonds. The molecule has 4 nitrogen and oxygen atoms in total. The number of carbonyl (C=O) groups is 1. The molecule has 0 saturated heterocycles. The number of para-hydroxylation sites is 1. The molecule has 2 aromatic rings. The molecule has 2 aromatic carbocycles. The van der Waals surface area contributed by atoms with Crippen LogP contribution in [-0.2, 0) is 21.1 Å². The predicted octanol–water partition coefficient (Wildman–Crippen LogP) is 5.97. The molecule has 32 heavy (non-hydrogen) atoms. The van der Waals surface area contributed by atoms with E-state index in [-0.39, 0.29) is 28.6 Å². The number of ketones is 1. The number of hydrogen-bond acceptors (Lipinski definition) is 4. The Morgan fingerprint density at radius 2 is 1.44 bits per heavy atom. The maximum Gasteiger partial charge on any atom is 0.152 e. The van der Waals surface area contributed by atoms with E-state index in [0.717, 1.165) is 42.6 Å². The summed E-state index contributed by atoms with van der Waals surface area (Å²) >= 11 is 0. The van der Waals surface area contributed by atoms with Gasteiger partial charge in [-0.25, -0.2) is 8.42 Å². The van der Waals surface area contributed by atoms with Gasteiger partial charge in [-0.1, -0.05) is 30.3 Å². The molecule has 1 aliphatic rings. The third kappa shape index (κ3) is 6.22. The van der Waals surface area contributed by atoms with Gasteiger partial charge in [-0.2, -0.15) is 0 Å². The number of rotatable bonds is 9. The zero-order chi connectivity index (χ0) is 23.3. The van der Waals surface area contributed by atoms with Crippen LogP contribution in [0.3, 0.4) is 0 Å². The smallest absolute Gasteiger partial charge is 0.152 e. The van der Waals surface area contributed by atoms with Crippen molar-refractivity contribution in [2.24, 2.45) is 11.8 Å². The van der Waals surface area contributed by atoms with Crippen LogP contribution in [0, 0.1) is 11.8 Å². The summed E-state index contributed by atoms with van der Waals surface area (Å²) in [6.45, 7) is 7.84. The topological polar surface area (TPSA) is 54.5 Å². The molecule has 0 N–H and O–H groups in total. The van der Waals surface area contributed by atoms with Gasteiger partial charge >= 0.3 is 0 Å². The molecule has 0 heterocycles. The van der Waals surface area contributed by atoms with Crippen LogP contribution in [0.5, 0.6) is 0 Å². The van der Waals surface area contributed by atoms with Gasteiger partial charge in [-0.15, -0.1) is 0 Å². The van der Waals surface area contributed by atoms with Gasteiger partial charge in [0.15, 0.2) is 9.84 Å². The van der Waals surface area contributed by atoms with E-state index in [0.29, 0.717) is 12.5 Å². The van der Waals surface area contributed by atoms with Crippen LogP contribution in [0.4, 0.5) is 11.4 Å². The molecule has 0 bridgehead atoms. The summed E-state index contributed by atoms with van der Waals surface area (Å²) in [5.74, 6) is 0.808. The molecule has 0 spiro atoms. The fraction of sp³-hybridized carbons (Fsp3) is 0.519. The molecule has 174 valence electrons. The first kappa shape index (κ1) is 24.5. The van der Waals surface area contributed by atoms with E-state index in [9.17, 15) is 13.2 Å². The van der Waals surface area contributed by atoms with Crippen LogP contribution in [0.2, 0.25) is 0 Å². The van der Waals surface area contributed by atoms with Crippen molar-refractivity contribution < 1.29 is 13.2 Å². The molecule has 0 aromatic heterocycles. The van der Waals surface area contributed by atoms with Gasteiger partial charge in [0, 0.05) is 29.8 Å². The second kappa shape index (κ2) is 10.7. The molecule has 1 saturated carbocycles. The molecule has 0 atom stereocenters. The lowest BCUT2D eigenvalue weighted by Gasteiger charge is -2.29. The van der Waals surface area contributed by atoms with E-state index in [1.807, 2.05) is 18.2 Å². The number of sulfone groups is 1. The van der Waals surface area contributed by atoms with Crippen molar-refractivity contribution in [3.63, 3.8) is 0 Å². The maximum atomic E-state index is 12.9. The monoisotopic (exact) mass is 455 g/mol. The highest BCUT2D eigenvalue weighted by Crippen LogP contribution is 2.32. The summed E-state index contributed by atoms with van der Waals surface area (Å²) in [5, 5.41) is -0.321. The fourth-order valence-corrected chi connectivity index (χ4v) is 6.00. The summed E-state index contributed by atoms with van der Waals surface area (Å²) < 4.78 is 24.4. The second-order valence-electron chi connectivity index (χ2n) is 9.70. The summed E-state index contributed by atoms with van der Waals surface area (Å²) in [4.78, 5) is 15.2. The molecule has 0 aliphatic heterocycles. The van der Waals surface area contributed by atoms with E-state index in [4.69, 9.17) is 0 Å². The van der Waals surface area contributed by atoms with Crippen LogP contribution in [0.25, 0.3) is 0 Å². The average Bonchev–Trinajstić information content (AvgIpc) is 2.76. The Hall–Kier alpha value is -2.14. The first-order chi connectivity index (χ1) is 15.2. The van der Waals surface area contributed by atoms with E-state index in [1.54, 1.807) is 13.8 Å². The number of Topliss-reactive ketones (excluding diaryl/α,β-unsaturated/α-hetero) is 1. The largest absolute Gasteiger partial charge is 0.339 e. The van der Waals surface area contributed by atoms with Crippen molar-refractivity contribution in [1.29, 1.82) is 0 Å². The van der Waals surface area contributed by atoms with E-state index in [2.05, 4.69) is 55.1 Å². The average molecular weight is 456 g/mol. The van der Waals surface area contributed by atoms with Crippen LogP contribution < -0.4 is 4.90 Å². The summed E-state index contributed by atoms with van der Waals surface area (Å²) in [7, 11) is -3.01.